The Kier molecular flexibility index (Phi) is 7.02. The molecule has 7 nitrogen and oxygen atoms in total. The van der Waals surface area contributed by atoms with Gasteiger partial charge in [-0.15, -0.1) is 0 Å². The Labute approximate surface area is 202 Å². The molecule has 9 heteroatoms. The van der Waals surface area contributed by atoms with Gasteiger partial charge in [-0.1, -0.05) is 6.07 Å². The number of nitrogens with one attached hydrogen (secondary N) is 2. The number of nitrogens with zero attached hydrogens (tertiary/aromatic N) is 2. The van der Waals surface area contributed by atoms with Gasteiger partial charge in [-0.05, 0) is 72.3 Å². The molecule has 1 amide bonds. The van der Waals surface area contributed by atoms with Crippen LogP contribution in [0.25, 0.3) is 11.1 Å². The summed E-state index contributed by atoms with van der Waals surface area (Å²) in [5, 5.41) is 15.4. The highest BCUT2D eigenvalue weighted by Crippen LogP contribution is 2.41. The van der Waals surface area contributed by atoms with E-state index in [9.17, 15) is 10.1 Å². The summed E-state index contributed by atoms with van der Waals surface area (Å²) in [6.45, 7) is 4.27. The SMILES string of the molecule is N#CC(Cc1cc2c(cc1F)-c1ccc(SN3CCC3)cc1CO2)NC(=O)C1CNCCCO1. The molecule has 0 bridgehead atoms. The Balaban J connectivity index is 1.30. The lowest BCUT2D eigenvalue weighted by Crippen LogP contribution is -2.46. The minimum absolute atomic E-state index is 0.0448. The van der Waals surface area contributed by atoms with Gasteiger partial charge >= 0.3 is 0 Å². The van der Waals surface area contributed by atoms with Crippen LogP contribution in [0.1, 0.15) is 24.0 Å². The van der Waals surface area contributed by atoms with Gasteiger partial charge in [0.2, 0.25) is 0 Å². The fourth-order valence-electron chi connectivity index (χ4n) is 4.27. The molecule has 2 unspecified atom stereocenters. The summed E-state index contributed by atoms with van der Waals surface area (Å²) in [5.41, 5.74) is 3.03. The zero-order valence-electron chi connectivity index (χ0n) is 18.8. The van der Waals surface area contributed by atoms with Crippen molar-refractivity contribution in [3.8, 4) is 22.9 Å². The number of hydrogen-bond acceptors (Lipinski definition) is 7. The Morgan fingerprint density at radius 3 is 2.97 bits per heavy atom. The summed E-state index contributed by atoms with van der Waals surface area (Å²) >= 11 is 1.74. The highest BCUT2D eigenvalue weighted by atomic mass is 32.2. The van der Waals surface area contributed by atoms with Crippen molar-refractivity contribution >= 4 is 17.9 Å². The number of hydrogen-bond donors (Lipinski definition) is 2. The Hall–Kier alpha value is -2.64. The van der Waals surface area contributed by atoms with E-state index in [2.05, 4.69) is 33.1 Å². The first-order valence-electron chi connectivity index (χ1n) is 11.6. The van der Waals surface area contributed by atoms with Crippen LogP contribution in [0.5, 0.6) is 5.75 Å². The van der Waals surface area contributed by atoms with E-state index < -0.39 is 18.0 Å². The van der Waals surface area contributed by atoms with E-state index in [1.54, 1.807) is 18.0 Å². The normalized spacial score (nSPS) is 20.5. The van der Waals surface area contributed by atoms with Crippen molar-refractivity contribution in [1.29, 1.82) is 5.26 Å². The molecular weight excluding hydrogens is 455 g/mol. The van der Waals surface area contributed by atoms with Crippen molar-refractivity contribution in [2.75, 3.05) is 32.8 Å². The van der Waals surface area contributed by atoms with Crippen molar-refractivity contribution in [2.24, 2.45) is 0 Å². The molecule has 0 spiro atoms. The Morgan fingerprint density at radius 1 is 1.29 bits per heavy atom. The highest BCUT2D eigenvalue weighted by molar-refractivity contribution is 7.97. The number of amides is 1. The predicted molar refractivity (Wildman–Crippen MR) is 127 cm³/mol. The number of nitriles is 1. The molecule has 2 aromatic carbocycles. The van der Waals surface area contributed by atoms with Gasteiger partial charge in [0.25, 0.3) is 5.91 Å². The third kappa shape index (κ3) is 5.05. The molecule has 2 aromatic rings. The maximum Gasteiger partial charge on any atom is 0.251 e. The largest absolute Gasteiger partial charge is 0.488 e. The van der Waals surface area contributed by atoms with Crippen LogP contribution in [0, 0.1) is 17.1 Å². The van der Waals surface area contributed by atoms with Gasteiger partial charge in [-0.3, -0.25) is 4.79 Å². The molecule has 0 radical (unpaired) electrons. The molecule has 2 saturated heterocycles. The molecule has 3 aliphatic heterocycles. The summed E-state index contributed by atoms with van der Waals surface area (Å²) in [6, 6.07) is 10.5. The van der Waals surface area contributed by atoms with E-state index in [0.29, 0.717) is 36.6 Å². The van der Waals surface area contributed by atoms with Crippen LogP contribution in [0.4, 0.5) is 4.39 Å². The van der Waals surface area contributed by atoms with Crippen LogP contribution >= 0.6 is 11.9 Å². The monoisotopic (exact) mass is 482 g/mol. The van der Waals surface area contributed by atoms with Crippen LogP contribution < -0.4 is 15.4 Å². The van der Waals surface area contributed by atoms with Gasteiger partial charge in [0, 0.05) is 43.1 Å². The van der Waals surface area contributed by atoms with Crippen molar-refractivity contribution in [3.05, 3.63) is 47.3 Å². The number of fused-ring (bicyclic) bond motifs is 3. The van der Waals surface area contributed by atoms with Crippen molar-refractivity contribution < 1.29 is 18.7 Å². The lowest BCUT2D eigenvalue weighted by atomic mass is 9.94. The minimum Gasteiger partial charge on any atom is -0.488 e. The first kappa shape index (κ1) is 23.1. The van der Waals surface area contributed by atoms with Crippen LogP contribution in [0.15, 0.2) is 35.2 Å². The minimum atomic E-state index is -0.871. The van der Waals surface area contributed by atoms with Crippen LogP contribution in [0.3, 0.4) is 0 Å². The standard InChI is InChI=1S/C25H27FN4O3S/c26-22-12-21-20-4-3-19(34-30-6-2-7-30)10-17(20)15-33-23(21)11-16(22)9-18(13-27)29-25(31)24-14-28-5-1-8-32-24/h3-4,10-12,18,24,28H,1-2,5-9,14-15H2,(H,29,31). The van der Waals surface area contributed by atoms with Gasteiger partial charge in [-0.25, -0.2) is 8.70 Å². The molecule has 2 atom stereocenters. The van der Waals surface area contributed by atoms with Gasteiger partial charge < -0.3 is 20.1 Å². The predicted octanol–water partition coefficient (Wildman–Crippen LogP) is 3.03. The Morgan fingerprint density at radius 2 is 2.18 bits per heavy atom. The molecule has 3 heterocycles. The fraction of sp³-hybridized carbons (Fsp3) is 0.440. The number of carbonyl (C=O) groups excluding carboxylic acids is 1. The molecule has 0 saturated carbocycles. The van der Waals surface area contributed by atoms with Crippen LogP contribution in [-0.2, 0) is 22.6 Å². The maximum atomic E-state index is 15.1. The topological polar surface area (TPSA) is 86.6 Å². The number of halogens is 1. The summed E-state index contributed by atoms with van der Waals surface area (Å²) < 4.78 is 28.9. The second kappa shape index (κ2) is 10.3. The second-order valence-electron chi connectivity index (χ2n) is 8.73. The maximum absolute atomic E-state index is 15.1. The second-order valence-corrected chi connectivity index (χ2v) is 9.90. The highest BCUT2D eigenvalue weighted by Gasteiger charge is 2.26. The molecule has 3 aliphatic rings. The molecule has 34 heavy (non-hydrogen) atoms. The first-order valence-corrected chi connectivity index (χ1v) is 12.4. The van der Waals surface area contributed by atoms with Gasteiger partial charge in [-0.2, -0.15) is 5.26 Å². The van der Waals surface area contributed by atoms with E-state index in [4.69, 9.17) is 9.47 Å². The van der Waals surface area contributed by atoms with E-state index >= 15 is 4.39 Å². The lowest BCUT2D eigenvalue weighted by Gasteiger charge is -2.29. The molecule has 2 fully saturated rings. The van der Waals surface area contributed by atoms with Crippen molar-refractivity contribution in [2.45, 2.75) is 42.9 Å². The van der Waals surface area contributed by atoms with Crippen LogP contribution in [0.2, 0.25) is 0 Å². The number of benzene rings is 2. The van der Waals surface area contributed by atoms with Crippen molar-refractivity contribution in [3.63, 3.8) is 0 Å². The zero-order valence-corrected chi connectivity index (χ0v) is 19.6. The average molecular weight is 483 g/mol. The van der Waals surface area contributed by atoms with E-state index in [1.165, 1.54) is 12.5 Å². The average Bonchev–Trinajstić information content (AvgIpc) is 3.11. The van der Waals surface area contributed by atoms with E-state index in [1.807, 2.05) is 6.07 Å². The molecule has 2 N–H and O–H groups in total. The number of rotatable bonds is 6. The molecular formula is C25H27FN4O3S. The third-order valence-corrected chi connectivity index (χ3v) is 7.37. The lowest BCUT2D eigenvalue weighted by molar-refractivity contribution is -0.132. The summed E-state index contributed by atoms with van der Waals surface area (Å²) in [6.07, 6.45) is 1.45. The molecule has 5 rings (SSSR count). The van der Waals surface area contributed by atoms with Crippen LogP contribution in [-0.4, -0.2) is 55.1 Å². The smallest absolute Gasteiger partial charge is 0.251 e. The molecule has 0 aromatic heterocycles. The summed E-state index contributed by atoms with van der Waals surface area (Å²) in [5.74, 6) is -0.195. The van der Waals surface area contributed by atoms with Crippen molar-refractivity contribution in [1.82, 2.24) is 14.9 Å². The third-order valence-electron chi connectivity index (χ3n) is 6.28. The molecule has 178 valence electrons. The van der Waals surface area contributed by atoms with Gasteiger partial charge in [0.05, 0.1) is 6.07 Å². The van der Waals surface area contributed by atoms with Gasteiger partial charge in [0.1, 0.15) is 30.3 Å². The Bertz CT molecular complexity index is 1110. The van der Waals surface area contributed by atoms with E-state index in [-0.39, 0.29) is 12.3 Å². The molecule has 0 aliphatic carbocycles. The zero-order chi connectivity index (χ0) is 23.5. The van der Waals surface area contributed by atoms with E-state index in [0.717, 1.165) is 42.1 Å². The number of ether oxygens (including phenoxy) is 2. The van der Waals surface area contributed by atoms with Gasteiger partial charge in [0.15, 0.2) is 0 Å². The fourth-order valence-corrected chi connectivity index (χ4v) is 5.33. The quantitative estimate of drug-likeness (QED) is 0.612. The first-order chi connectivity index (χ1) is 16.6. The number of carbonyl (C=O) groups is 1. The summed E-state index contributed by atoms with van der Waals surface area (Å²) in [4.78, 5) is 13.7. The summed E-state index contributed by atoms with van der Waals surface area (Å²) in [7, 11) is 0.